The summed E-state index contributed by atoms with van der Waals surface area (Å²) in [5, 5.41) is 5.50. The fraction of sp³-hybridized carbons (Fsp3) is 0.583. The third-order valence-corrected chi connectivity index (χ3v) is 4.81. The van der Waals surface area contributed by atoms with Gasteiger partial charge in [-0.15, -0.1) is 0 Å². The van der Waals surface area contributed by atoms with Gasteiger partial charge in [-0.25, -0.2) is 22.2 Å². The van der Waals surface area contributed by atoms with Crippen LogP contribution >= 0.6 is 0 Å². The molecule has 1 saturated heterocycles. The monoisotopic (exact) mass is 305 g/mol. The van der Waals surface area contributed by atoms with E-state index in [9.17, 15) is 17.2 Å². The Morgan fingerprint density at radius 3 is 2.65 bits per heavy atom. The molecular weight excluding hydrogens is 288 g/mol. The fourth-order valence-electron chi connectivity index (χ4n) is 2.04. The lowest BCUT2D eigenvalue weighted by atomic mass is 10.2. The van der Waals surface area contributed by atoms with Crippen molar-refractivity contribution in [2.24, 2.45) is 0 Å². The van der Waals surface area contributed by atoms with E-state index < -0.39 is 21.5 Å². The van der Waals surface area contributed by atoms with Gasteiger partial charge in [0.15, 0.2) is 33.1 Å². The highest BCUT2D eigenvalue weighted by Gasteiger charge is 2.28. The Hall–Kier alpha value is -1.44. The van der Waals surface area contributed by atoms with Crippen molar-refractivity contribution in [1.29, 1.82) is 0 Å². The lowest BCUT2D eigenvalue weighted by molar-refractivity contribution is 0.575. The molecule has 1 unspecified atom stereocenters. The minimum absolute atomic E-state index is 0.0309. The zero-order valence-electron chi connectivity index (χ0n) is 11.1. The maximum Gasteiger partial charge on any atom is 0.168 e. The maximum absolute atomic E-state index is 13.7. The molecule has 8 heteroatoms. The lowest BCUT2D eigenvalue weighted by Crippen LogP contribution is -2.22. The molecule has 0 radical (unpaired) electrons. The first-order chi connectivity index (χ1) is 9.41. The van der Waals surface area contributed by atoms with Crippen molar-refractivity contribution in [3.05, 3.63) is 17.7 Å². The molecule has 1 atom stereocenters. The van der Waals surface area contributed by atoms with Crippen molar-refractivity contribution in [3.8, 4) is 0 Å². The number of sulfone groups is 1. The number of pyridine rings is 1. The molecule has 1 aromatic rings. The van der Waals surface area contributed by atoms with Gasteiger partial charge < -0.3 is 10.6 Å². The number of anilines is 2. The fourth-order valence-corrected chi connectivity index (χ4v) is 3.71. The summed E-state index contributed by atoms with van der Waals surface area (Å²) in [6.07, 6.45) is 1.18. The van der Waals surface area contributed by atoms with Crippen LogP contribution in [0, 0.1) is 11.6 Å². The second kappa shape index (κ2) is 5.90. The molecule has 0 aliphatic carbocycles. The van der Waals surface area contributed by atoms with Crippen molar-refractivity contribution >= 4 is 21.5 Å². The Bertz CT molecular complexity index is 593. The first-order valence-corrected chi connectivity index (χ1v) is 8.30. The van der Waals surface area contributed by atoms with Crippen LogP contribution in [0.4, 0.5) is 20.4 Å². The summed E-state index contributed by atoms with van der Waals surface area (Å²) in [5.74, 6) is -1.71. The van der Waals surface area contributed by atoms with Crippen LogP contribution in [0.1, 0.15) is 19.8 Å². The topological polar surface area (TPSA) is 71.1 Å². The van der Waals surface area contributed by atoms with Gasteiger partial charge in [0.1, 0.15) is 0 Å². The Kier molecular flexibility index (Phi) is 4.42. The first-order valence-electron chi connectivity index (χ1n) is 6.48. The number of hydrogen-bond donors (Lipinski definition) is 2. The van der Waals surface area contributed by atoms with Crippen LogP contribution in [0.15, 0.2) is 6.07 Å². The van der Waals surface area contributed by atoms with Crippen LogP contribution in [-0.4, -0.2) is 37.5 Å². The van der Waals surface area contributed by atoms with Gasteiger partial charge in [-0.2, -0.15) is 0 Å². The Labute approximate surface area is 116 Å². The molecule has 0 amide bonds. The van der Waals surface area contributed by atoms with Gasteiger partial charge in [-0.1, -0.05) is 6.92 Å². The molecule has 112 valence electrons. The summed E-state index contributed by atoms with van der Waals surface area (Å²) in [6, 6.07) is 0.364. The lowest BCUT2D eigenvalue weighted by Gasteiger charge is -2.14. The van der Waals surface area contributed by atoms with Crippen molar-refractivity contribution in [1.82, 2.24) is 4.98 Å². The maximum atomic E-state index is 13.7. The molecule has 0 spiro atoms. The SMILES string of the molecule is CCCNc1nc(NC2CCS(=O)(=O)C2)c(F)cc1F. The summed E-state index contributed by atoms with van der Waals surface area (Å²) in [7, 11) is -3.06. The highest BCUT2D eigenvalue weighted by Crippen LogP contribution is 2.22. The molecule has 2 heterocycles. The zero-order chi connectivity index (χ0) is 14.8. The molecule has 1 fully saturated rings. The molecule has 20 heavy (non-hydrogen) atoms. The largest absolute Gasteiger partial charge is 0.368 e. The van der Waals surface area contributed by atoms with Gasteiger partial charge in [0.2, 0.25) is 0 Å². The van der Waals surface area contributed by atoms with E-state index in [-0.39, 0.29) is 29.2 Å². The molecule has 2 rings (SSSR count). The van der Waals surface area contributed by atoms with Crippen LogP contribution < -0.4 is 10.6 Å². The number of halogens is 2. The number of hydrogen-bond acceptors (Lipinski definition) is 5. The molecule has 1 aliphatic rings. The van der Waals surface area contributed by atoms with E-state index in [1.165, 1.54) is 0 Å². The van der Waals surface area contributed by atoms with E-state index in [1.54, 1.807) is 0 Å². The minimum atomic E-state index is -3.06. The van der Waals surface area contributed by atoms with Crippen LogP contribution in [-0.2, 0) is 9.84 Å². The predicted octanol–water partition coefficient (Wildman–Crippen LogP) is 1.78. The van der Waals surface area contributed by atoms with Crippen LogP contribution in [0.5, 0.6) is 0 Å². The van der Waals surface area contributed by atoms with Gasteiger partial charge >= 0.3 is 0 Å². The molecule has 5 nitrogen and oxygen atoms in total. The first kappa shape index (κ1) is 15.0. The molecule has 0 aromatic carbocycles. The summed E-state index contributed by atoms with van der Waals surface area (Å²) < 4.78 is 49.9. The van der Waals surface area contributed by atoms with Gasteiger partial charge in [0.05, 0.1) is 11.5 Å². The Morgan fingerprint density at radius 2 is 2.05 bits per heavy atom. The van der Waals surface area contributed by atoms with E-state index in [1.807, 2.05) is 6.92 Å². The molecule has 1 aromatic heterocycles. The average molecular weight is 305 g/mol. The highest BCUT2D eigenvalue weighted by atomic mass is 32.2. The van der Waals surface area contributed by atoms with Gasteiger partial charge in [-0.05, 0) is 12.8 Å². The second-order valence-corrected chi connectivity index (χ2v) is 7.05. The summed E-state index contributed by atoms with van der Waals surface area (Å²) in [6.45, 7) is 2.43. The Balaban J connectivity index is 2.15. The third kappa shape index (κ3) is 3.56. The summed E-state index contributed by atoms with van der Waals surface area (Å²) in [5.41, 5.74) is 0. The smallest absolute Gasteiger partial charge is 0.168 e. The van der Waals surface area contributed by atoms with E-state index in [4.69, 9.17) is 0 Å². The van der Waals surface area contributed by atoms with Gasteiger partial charge in [0, 0.05) is 18.7 Å². The molecular formula is C12H17F2N3O2S. The van der Waals surface area contributed by atoms with Gasteiger partial charge in [0.25, 0.3) is 0 Å². The van der Waals surface area contributed by atoms with Crippen LogP contribution in [0.25, 0.3) is 0 Å². The van der Waals surface area contributed by atoms with E-state index in [2.05, 4.69) is 15.6 Å². The molecule has 2 N–H and O–H groups in total. The molecule has 0 saturated carbocycles. The summed E-state index contributed by atoms with van der Waals surface area (Å²) in [4.78, 5) is 3.85. The van der Waals surface area contributed by atoms with Gasteiger partial charge in [-0.3, -0.25) is 0 Å². The van der Waals surface area contributed by atoms with Crippen molar-refractivity contribution in [2.75, 3.05) is 28.7 Å². The highest BCUT2D eigenvalue weighted by molar-refractivity contribution is 7.91. The standard InChI is InChI=1S/C12H17F2N3O2S/c1-2-4-15-11-9(13)6-10(14)12(17-11)16-8-3-5-20(18,19)7-8/h6,8H,2-5,7H2,1H3,(H2,15,16,17). The van der Waals surface area contributed by atoms with Crippen molar-refractivity contribution < 1.29 is 17.2 Å². The summed E-state index contributed by atoms with van der Waals surface area (Å²) >= 11 is 0. The number of nitrogens with one attached hydrogen (secondary N) is 2. The van der Waals surface area contributed by atoms with E-state index in [0.29, 0.717) is 13.0 Å². The third-order valence-electron chi connectivity index (χ3n) is 3.05. The number of aromatic nitrogens is 1. The predicted molar refractivity (Wildman–Crippen MR) is 73.6 cm³/mol. The Morgan fingerprint density at radius 1 is 1.35 bits per heavy atom. The number of nitrogens with zero attached hydrogens (tertiary/aromatic N) is 1. The van der Waals surface area contributed by atoms with Crippen LogP contribution in [0.3, 0.4) is 0 Å². The molecule has 0 bridgehead atoms. The second-order valence-electron chi connectivity index (χ2n) is 4.82. The average Bonchev–Trinajstić information content (AvgIpc) is 2.71. The molecule has 1 aliphatic heterocycles. The normalized spacial score (nSPS) is 20.9. The van der Waals surface area contributed by atoms with E-state index in [0.717, 1.165) is 12.5 Å². The number of rotatable bonds is 5. The van der Waals surface area contributed by atoms with E-state index >= 15 is 0 Å². The minimum Gasteiger partial charge on any atom is -0.368 e. The zero-order valence-corrected chi connectivity index (χ0v) is 11.9. The quantitative estimate of drug-likeness (QED) is 0.867. The van der Waals surface area contributed by atoms with Crippen LogP contribution in [0.2, 0.25) is 0 Å². The van der Waals surface area contributed by atoms with Crippen molar-refractivity contribution in [3.63, 3.8) is 0 Å². The van der Waals surface area contributed by atoms with Crippen molar-refractivity contribution in [2.45, 2.75) is 25.8 Å².